The highest BCUT2D eigenvalue weighted by molar-refractivity contribution is 5.95. The summed E-state index contributed by atoms with van der Waals surface area (Å²) in [4.78, 5) is 13.8. The third-order valence-corrected chi connectivity index (χ3v) is 2.97. The molecular weight excluding hydrogens is 216 g/mol. The Morgan fingerprint density at radius 2 is 2.24 bits per heavy atom. The van der Waals surface area contributed by atoms with Crippen LogP contribution in [0, 0.1) is 0 Å². The summed E-state index contributed by atoms with van der Waals surface area (Å²) < 4.78 is 5.56. The Labute approximate surface area is 101 Å². The van der Waals surface area contributed by atoms with Gasteiger partial charge in [0, 0.05) is 12.6 Å². The highest BCUT2D eigenvalue weighted by Gasteiger charge is 2.23. The Morgan fingerprint density at radius 1 is 1.47 bits per heavy atom. The van der Waals surface area contributed by atoms with E-state index in [9.17, 15) is 4.79 Å². The van der Waals surface area contributed by atoms with Gasteiger partial charge >= 0.3 is 0 Å². The maximum atomic E-state index is 12.0. The average molecular weight is 234 g/mol. The lowest BCUT2D eigenvalue weighted by molar-refractivity contribution is -0.118. The van der Waals surface area contributed by atoms with Crippen molar-refractivity contribution in [1.82, 2.24) is 0 Å². The van der Waals surface area contributed by atoms with E-state index in [0.717, 1.165) is 17.9 Å². The molecule has 1 atom stereocenters. The largest absolute Gasteiger partial charge is 0.491 e. The second-order valence-corrected chi connectivity index (χ2v) is 4.24. The van der Waals surface area contributed by atoms with Crippen molar-refractivity contribution in [3.8, 4) is 5.75 Å². The normalized spacial score (nSPS) is 17.1. The molecule has 1 heterocycles. The average Bonchev–Trinajstić information content (AvgIpc) is 2.50. The summed E-state index contributed by atoms with van der Waals surface area (Å²) in [5.41, 5.74) is 6.77. The van der Waals surface area contributed by atoms with E-state index < -0.39 is 0 Å². The van der Waals surface area contributed by atoms with Gasteiger partial charge in [0.1, 0.15) is 5.75 Å². The fourth-order valence-corrected chi connectivity index (χ4v) is 1.88. The zero-order chi connectivity index (χ0) is 12.3. The van der Waals surface area contributed by atoms with Gasteiger partial charge in [0.25, 0.3) is 0 Å². The molecule has 0 radical (unpaired) electrons. The predicted octanol–water partition coefficient (Wildman–Crippen LogP) is 1.54. The molecule has 0 aromatic heterocycles. The van der Waals surface area contributed by atoms with Gasteiger partial charge in [-0.05, 0) is 18.6 Å². The maximum absolute atomic E-state index is 12.0. The smallest absolute Gasteiger partial charge is 0.230 e. The number of nitrogens with two attached hydrogens (primary N) is 1. The lowest BCUT2D eigenvalue weighted by atomic mass is 10.2. The lowest BCUT2D eigenvalue weighted by Crippen LogP contribution is -2.40. The number of amides is 1. The van der Waals surface area contributed by atoms with E-state index in [2.05, 4.69) is 0 Å². The topological polar surface area (TPSA) is 55.6 Å². The van der Waals surface area contributed by atoms with Gasteiger partial charge in [0.15, 0.2) is 0 Å². The lowest BCUT2D eigenvalue weighted by Gasteiger charge is -2.24. The first-order valence-corrected chi connectivity index (χ1v) is 6.00. The summed E-state index contributed by atoms with van der Waals surface area (Å²) in [6.07, 6.45) is 1.26. The molecule has 0 spiro atoms. The van der Waals surface area contributed by atoms with Gasteiger partial charge in [-0.1, -0.05) is 19.1 Å². The Balaban J connectivity index is 2.30. The number of fused-ring (bicyclic) bond motifs is 1. The number of ether oxygens (including phenoxy) is 1. The van der Waals surface area contributed by atoms with Crippen LogP contribution in [0.2, 0.25) is 0 Å². The summed E-state index contributed by atoms with van der Waals surface area (Å²) in [7, 11) is 0. The minimum Gasteiger partial charge on any atom is -0.491 e. The predicted molar refractivity (Wildman–Crippen MR) is 67.2 cm³/mol. The zero-order valence-corrected chi connectivity index (χ0v) is 10.1. The van der Waals surface area contributed by atoms with Crippen LogP contribution in [0.15, 0.2) is 24.3 Å². The molecule has 0 saturated heterocycles. The number of para-hydroxylation sites is 2. The fourth-order valence-electron chi connectivity index (χ4n) is 1.88. The van der Waals surface area contributed by atoms with E-state index >= 15 is 0 Å². The van der Waals surface area contributed by atoms with Crippen molar-refractivity contribution < 1.29 is 9.53 Å². The second kappa shape index (κ2) is 5.19. The summed E-state index contributed by atoms with van der Waals surface area (Å²) in [5, 5.41) is 0. The SMILES string of the molecule is CCC(N)CN1C(=O)CCOc2ccccc21. The fraction of sp³-hybridized carbons (Fsp3) is 0.462. The van der Waals surface area contributed by atoms with Gasteiger partial charge in [-0.25, -0.2) is 0 Å². The monoisotopic (exact) mass is 234 g/mol. The van der Waals surface area contributed by atoms with Crippen molar-refractivity contribution >= 4 is 11.6 Å². The van der Waals surface area contributed by atoms with Crippen molar-refractivity contribution in [2.45, 2.75) is 25.8 Å². The molecule has 1 aliphatic heterocycles. The van der Waals surface area contributed by atoms with E-state index in [1.807, 2.05) is 31.2 Å². The summed E-state index contributed by atoms with van der Waals surface area (Å²) in [6, 6.07) is 7.61. The first-order chi connectivity index (χ1) is 8.22. The van der Waals surface area contributed by atoms with Crippen LogP contribution in [-0.2, 0) is 4.79 Å². The van der Waals surface area contributed by atoms with Crippen molar-refractivity contribution in [1.29, 1.82) is 0 Å². The van der Waals surface area contributed by atoms with E-state index in [1.165, 1.54) is 0 Å². The Bertz CT molecular complexity index is 406. The van der Waals surface area contributed by atoms with Gasteiger partial charge < -0.3 is 15.4 Å². The van der Waals surface area contributed by atoms with E-state index in [0.29, 0.717) is 19.6 Å². The standard InChI is InChI=1S/C13H18N2O2/c1-2-10(14)9-15-11-5-3-4-6-12(11)17-8-7-13(15)16/h3-6,10H,2,7-9,14H2,1H3. The zero-order valence-electron chi connectivity index (χ0n) is 10.1. The van der Waals surface area contributed by atoms with Gasteiger partial charge in [-0.2, -0.15) is 0 Å². The van der Waals surface area contributed by atoms with Crippen molar-refractivity contribution in [2.75, 3.05) is 18.1 Å². The number of carbonyl (C=O) groups excluding carboxylic acids is 1. The van der Waals surface area contributed by atoms with E-state index in [1.54, 1.807) is 4.90 Å². The molecule has 2 rings (SSSR count). The number of benzene rings is 1. The Hall–Kier alpha value is -1.55. The third-order valence-electron chi connectivity index (χ3n) is 2.97. The molecule has 1 aromatic rings. The first kappa shape index (κ1) is 11.9. The molecule has 1 amide bonds. The van der Waals surface area contributed by atoms with Crippen LogP contribution in [0.1, 0.15) is 19.8 Å². The molecule has 2 N–H and O–H groups in total. The highest BCUT2D eigenvalue weighted by Crippen LogP contribution is 2.30. The first-order valence-electron chi connectivity index (χ1n) is 6.00. The molecule has 0 saturated carbocycles. The number of rotatable bonds is 3. The van der Waals surface area contributed by atoms with Crippen LogP contribution in [0.4, 0.5) is 5.69 Å². The van der Waals surface area contributed by atoms with Crippen molar-refractivity contribution in [3.63, 3.8) is 0 Å². The molecule has 92 valence electrons. The van der Waals surface area contributed by atoms with Crippen LogP contribution in [0.5, 0.6) is 5.75 Å². The van der Waals surface area contributed by atoms with Gasteiger partial charge in [-0.15, -0.1) is 0 Å². The summed E-state index contributed by atoms with van der Waals surface area (Å²) in [6.45, 7) is 3.01. The van der Waals surface area contributed by atoms with Gasteiger partial charge in [0.05, 0.1) is 18.7 Å². The Morgan fingerprint density at radius 3 is 3.00 bits per heavy atom. The van der Waals surface area contributed by atoms with Crippen molar-refractivity contribution in [2.24, 2.45) is 5.73 Å². The second-order valence-electron chi connectivity index (χ2n) is 4.24. The molecule has 4 heteroatoms. The van der Waals surface area contributed by atoms with Crippen molar-refractivity contribution in [3.05, 3.63) is 24.3 Å². The third kappa shape index (κ3) is 2.58. The molecular formula is C13H18N2O2. The quantitative estimate of drug-likeness (QED) is 0.863. The van der Waals surface area contributed by atoms with Crippen LogP contribution in [0.3, 0.4) is 0 Å². The minimum absolute atomic E-state index is 0.00473. The number of anilines is 1. The molecule has 1 unspecified atom stereocenters. The summed E-state index contributed by atoms with van der Waals surface area (Å²) in [5.74, 6) is 0.848. The number of hydrogen-bond acceptors (Lipinski definition) is 3. The Kier molecular flexibility index (Phi) is 3.64. The van der Waals surface area contributed by atoms with Crippen LogP contribution < -0.4 is 15.4 Å². The van der Waals surface area contributed by atoms with Gasteiger partial charge in [-0.3, -0.25) is 4.79 Å². The molecule has 1 aliphatic rings. The number of carbonyl (C=O) groups is 1. The summed E-state index contributed by atoms with van der Waals surface area (Å²) >= 11 is 0. The van der Waals surface area contributed by atoms with Crippen LogP contribution in [0.25, 0.3) is 0 Å². The number of hydrogen-bond donors (Lipinski definition) is 1. The molecule has 17 heavy (non-hydrogen) atoms. The maximum Gasteiger partial charge on any atom is 0.230 e. The van der Waals surface area contributed by atoms with E-state index in [4.69, 9.17) is 10.5 Å². The highest BCUT2D eigenvalue weighted by atomic mass is 16.5. The molecule has 0 fully saturated rings. The molecule has 0 aliphatic carbocycles. The van der Waals surface area contributed by atoms with Gasteiger partial charge in [0.2, 0.25) is 5.91 Å². The molecule has 4 nitrogen and oxygen atoms in total. The number of nitrogens with zero attached hydrogens (tertiary/aromatic N) is 1. The molecule has 0 bridgehead atoms. The molecule has 1 aromatic carbocycles. The van der Waals surface area contributed by atoms with E-state index in [-0.39, 0.29) is 11.9 Å². The van der Waals surface area contributed by atoms with Crippen LogP contribution >= 0.6 is 0 Å². The van der Waals surface area contributed by atoms with Crippen LogP contribution in [-0.4, -0.2) is 25.1 Å². The minimum atomic E-state index is 0.00473.